The van der Waals surface area contributed by atoms with Crippen molar-refractivity contribution in [2.24, 2.45) is 5.73 Å². The summed E-state index contributed by atoms with van der Waals surface area (Å²) in [5.74, 6) is -0.211. The fraction of sp³-hybridized carbons (Fsp3) is 0.312. The first-order chi connectivity index (χ1) is 9.58. The van der Waals surface area contributed by atoms with Gasteiger partial charge in [0.05, 0.1) is 0 Å². The van der Waals surface area contributed by atoms with Gasteiger partial charge in [-0.05, 0) is 49.4 Å². The molecular formula is C16H20FN3. The van der Waals surface area contributed by atoms with Crippen LogP contribution in [0.2, 0.25) is 0 Å². The first kappa shape index (κ1) is 14.6. The lowest BCUT2D eigenvalue weighted by molar-refractivity contribution is 0.210. The minimum atomic E-state index is -0.211. The van der Waals surface area contributed by atoms with Crippen LogP contribution in [0.1, 0.15) is 24.1 Å². The van der Waals surface area contributed by atoms with Gasteiger partial charge in [0, 0.05) is 31.0 Å². The van der Waals surface area contributed by atoms with Gasteiger partial charge in [-0.15, -0.1) is 0 Å². The van der Waals surface area contributed by atoms with E-state index in [-0.39, 0.29) is 17.9 Å². The summed E-state index contributed by atoms with van der Waals surface area (Å²) in [5, 5.41) is 0. The number of nitrogens with two attached hydrogens (primary N) is 1. The summed E-state index contributed by atoms with van der Waals surface area (Å²) >= 11 is 0. The summed E-state index contributed by atoms with van der Waals surface area (Å²) in [5.41, 5.74) is 8.17. The van der Waals surface area contributed by atoms with Crippen molar-refractivity contribution in [1.29, 1.82) is 0 Å². The van der Waals surface area contributed by atoms with Gasteiger partial charge in [-0.3, -0.25) is 9.88 Å². The summed E-state index contributed by atoms with van der Waals surface area (Å²) in [6.45, 7) is 2.62. The largest absolute Gasteiger partial charge is 0.326 e. The highest BCUT2D eigenvalue weighted by Crippen LogP contribution is 2.23. The van der Waals surface area contributed by atoms with Crippen molar-refractivity contribution in [3.63, 3.8) is 0 Å². The van der Waals surface area contributed by atoms with Crippen molar-refractivity contribution >= 4 is 0 Å². The first-order valence-electron chi connectivity index (χ1n) is 6.68. The third-order valence-electron chi connectivity index (χ3n) is 3.34. The Morgan fingerprint density at radius 3 is 2.55 bits per heavy atom. The van der Waals surface area contributed by atoms with Crippen LogP contribution in [0, 0.1) is 5.82 Å². The second-order valence-corrected chi connectivity index (χ2v) is 5.13. The molecule has 0 aliphatic rings. The van der Waals surface area contributed by atoms with Crippen LogP contribution in [0.5, 0.6) is 0 Å². The van der Waals surface area contributed by atoms with Crippen LogP contribution in [-0.2, 0) is 6.54 Å². The van der Waals surface area contributed by atoms with Crippen molar-refractivity contribution in [3.8, 4) is 0 Å². The number of benzene rings is 1. The molecule has 1 aromatic carbocycles. The van der Waals surface area contributed by atoms with Gasteiger partial charge in [-0.2, -0.15) is 0 Å². The Kier molecular flexibility index (Phi) is 4.82. The zero-order valence-electron chi connectivity index (χ0n) is 11.8. The minimum absolute atomic E-state index is 0.0315. The number of pyridine rings is 1. The third kappa shape index (κ3) is 3.62. The number of hydrogen-bond donors (Lipinski definition) is 1. The molecule has 20 heavy (non-hydrogen) atoms. The molecule has 2 N–H and O–H groups in total. The van der Waals surface area contributed by atoms with E-state index in [4.69, 9.17) is 5.73 Å². The minimum Gasteiger partial charge on any atom is -0.326 e. The topological polar surface area (TPSA) is 42.1 Å². The van der Waals surface area contributed by atoms with E-state index in [0.717, 1.165) is 11.1 Å². The molecule has 106 valence electrons. The number of rotatable bonds is 5. The Balaban J connectivity index is 2.18. The van der Waals surface area contributed by atoms with Gasteiger partial charge in [0.25, 0.3) is 0 Å². The average molecular weight is 273 g/mol. The van der Waals surface area contributed by atoms with Crippen molar-refractivity contribution in [2.75, 3.05) is 7.05 Å². The second kappa shape index (κ2) is 6.59. The van der Waals surface area contributed by atoms with E-state index in [1.54, 1.807) is 24.5 Å². The Bertz CT molecular complexity index is 542. The second-order valence-electron chi connectivity index (χ2n) is 5.13. The van der Waals surface area contributed by atoms with Gasteiger partial charge in [0.1, 0.15) is 5.82 Å². The van der Waals surface area contributed by atoms with Crippen molar-refractivity contribution in [1.82, 2.24) is 9.88 Å². The zero-order chi connectivity index (χ0) is 14.5. The molecule has 1 heterocycles. The summed E-state index contributed by atoms with van der Waals surface area (Å²) < 4.78 is 13.2. The van der Waals surface area contributed by atoms with Gasteiger partial charge in [0.2, 0.25) is 0 Å². The van der Waals surface area contributed by atoms with Gasteiger partial charge in [-0.1, -0.05) is 12.1 Å². The number of nitrogens with zero attached hydrogens (tertiary/aromatic N) is 2. The number of likely N-dealkylation sites (N-methyl/N-ethyl adjacent to an activating group) is 1. The first-order valence-corrected chi connectivity index (χ1v) is 6.68. The Labute approximate surface area is 119 Å². The van der Waals surface area contributed by atoms with E-state index in [2.05, 4.69) is 9.88 Å². The van der Waals surface area contributed by atoms with E-state index >= 15 is 0 Å². The SMILES string of the molecule is CC(N)C(c1ccncc1)N(C)Cc1cccc(F)c1. The van der Waals surface area contributed by atoms with Crippen LogP contribution < -0.4 is 5.73 Å². The Morgan fingerprint density at radius 2 is 1.95 bits per heavy atom. The van der Waals surface area contributed by atoms with Crippen LogP contribution in [0.3, 0.4) is 0 Å². The normalized spacial score (nSPS) is 14.2. The molecule has 2 unspecified atom stereocenters. The number of hydrogen-bond acceptors (Lipinski definition) is 3. The highest BCUT2D eigenvalue weighted by atomic mass is 19.1. The van der Waals surface area contributed by atoms with Crippen LogP contribution in [0.4, 0.5) is 4.39 Å². The van der Waals surface area contributed by atoms with Crippen molar-refractivity contribution < 1.29 is 4.39 Å². The maximum atomic E-state index is 13.2. The van der Waals surface area contributed by atoms with Gasteiger partial charge in [0.15, 0.2) is 0 Å². The molecule has 0 amide bonds. The van der Waals surface area contributed by atoms with Crippen molar-refractivity contribution in [2.45, 2.75) is 25.6 Å². The molecule has 0 fully saturated rings. The Morgan fingerprint density at radius 1 is 1.25 bits per heavy atom. The molecule has 2 rings (SSSR count). The predicted molar refractivity (Wildman–Crippen MR) is 78.5 cm³/mol. The van der Waals surface area contributed by atoms with Crippen LogP contribution in [-0.4, -0.2) is 23.0 Å². The Hall–Kier alpha value is -1.78. The fourth-order valence-electron chi connectivity index (χ4n) is 2.54. The van der Waals surface area contributed by atoms with Crippen LogP contribution >= 0.6 is 0 Å². The molecule has 0 spiro atoms. The van der Waals surface area contributed by atoms with Gasteiger partial charge >= 0.3 is 0 Å². The lowest BCUT2D eigenvalue weighted by Crippen LogP contribution is -2.37. The van der Waals surface area contributed by atoms with E-state index in [1.807, 2.05) is 32.2 Å². The lowest BCUT2D eigenvalue weighted by Gasteiger charge is -2.31. The standard InChI is InChI=1S/C16H20FN3/c1-12(18)16(14-6-8-19-9-7-14)20(2)11-13-4-3-5-15(17)10-13/h3-10,12,16H,11,18H2,1-2H3. The van der Waals surface area contributed by atoms with Crippen molar-refractivity contribution in [3.05, 3.63) is 65.7 Å². The molecular weight excluding hydrogens is 253 g/mol. The smallest absolute Gasteiger partial charge is 0.123 e. The highest BCUT2D eigenvalue weighted by molar-refractivity contribution is 5.19. The molecule has 4 heteroatoms. The summed E-state index contributed by atoms with van der Waals surface area (Å²) in [4.78, 5) is 6.17. The van der Waals surface area contributed by atoms with Gasteiger partial charge in [-0.25, -0.2) is 4.39 Å². The van der Waals surface area contributed by atoms with E-state index in [9.17, 15) is 4.39 Å². The molecule has 3 nitrogen and oxygen atoms in total. The predicted octanol–water partition coefficient (Wildman–Crippen LogP) is 2.74. The molecule has 0 saturated heterocycles. The molecule has 0 aliphatic carbocycles. The monoisotopic (exact) mass is 273 g/mol. The number of halogens is 1. The summed E-state index contributed by atoms with van der Waals surface area (Å²) in [7, 11) is 2.00. The lowest BCUT2D eigenvalue weighted by atomic mass is 10.00. The summed E-state index contributed by atoms with van der Waals surface area (Å²) in [6.07, 6.45) is 3.53. The molecule has 0 aliphatic heterocycles. The van der Waals surface area contributed by atoms with Gasteiger partial charge < -0.3 is 5.73 Å². The quantitative estimate of drug-likeness (QED) is 0.911. The van der Waals surface area contributed by atoms with Crippen LogP contribution in [0.25, 0.3) is 0 Å². The number of aromatic nitrogens is 1. The molecule has 2 aromatic rings. The molecule has 1 aromatic heterocycles. The molecule has 0 bridgehead atoms. The maximum absolute atomic E-state index is 13.2. The molecule has 2 atom stereocenters. The fourth-order valence-corrected chi connectivity index (χ4v) is 2.54. The van der Waals surface area contributed by atoms with E-state index < -0.39 is 0 Å². The molecule has 0 radical (unpaired) electrons. The molecule has 0 saturated carbocycles. The maximum Gasteiger partial charge on any atom is 0.123 e. The zero-order valence-corrected chi connectivity index (χ0v) is 11.8. The van der Waals surface area contributed by atoms with E-state index in [0.29, 0.717) is 6.54 Å². The third-order valence-corrected chi connectivity index (χ3v) is 3.34. The van der Waals surface area contributed by atoms with E-state index in [1.165, 1.54) is 6.07 Å². The highest BCUT2D eigenvalue weighted by Gasteiger charge is 2.21. The average Bonchev–Trinajstić information content (AvgIpc) is 2.39. The summed E-state index contributed by atoms with van der Waals surface area (Å²) in [6, 6.07) is 10.6. The van der Waals surface area contributed by atoms with Crippen LogP contribution in [0.15, 0.2) is 48.8 Å².